The molecule has 2 N–H and O–H groups in total. The van der Waals surface area contributed by atoms with E-state index in [1.165, 1.54) is 0 Å². The van der Waals surface area contributed by atoms with Crippen LogP contribution in [0.25, 0.3) is 0 Å². The number of piperidine rings is 1. The van der Waals surface area contributed by atoms with E-state index in [2.05, 4.69) is 5.32 Å². The number of amides is 1. The third-order valence-corrected chi connectivity index (χ3v) is 4.85. The van der Waals surface area contributed by atoms with Crippen molar-refractivity contribution < 1.29 is 18.7 Å². The minimum absolute atomic E-state index is 0.206. The summed E-state index contributed by atoms with van der Waals surface area (Å²) in [4.78, 5) is 14.5. The Hall–Kier alpha value is -1.18. The highest BCUT2D eigenvalue weighted by molar-refractivity contribution is 7.99. The molecule has 2 rings (SSSR count). The van der Waals surface area contributed by atoms with Crippen LogP contribution in [-0.2, 0) is 4.79 Å². The average Bonchev–Trinajstić information content (AvgIpc) is 2.49. The number of hydrogen-bond acceptors (Lipinski definition) is 4. The molecular formula is C16H22F2N2O2S. The largest absolute Gasteiger partial charge is 0.393 e. The molecule has 4 nitrogen and oxygen atoms in total. The van der Waals surface area contributed by atoms with Crippen molar-refractivity contribution in [3.63, 3.8) is 0 Å². The van der Waals surface area contributed by atoms with E-state index in [0.717, 1.165) is 25.9 Å². The summed E-state index contributed by atoms with van der Waals surface area (Å²) in [6, 6.07) is 6.57. The lowest BCUT2D eigenvalue weighted by Crippen LogP contribution is -2.41. The lowest BCUT2D eigenvalue weighted by molar-refractivity contribution is -0.117. The molecule has 23 heavy (non-hydrogen) atoms. The Balaban J connectivity index is 1.86. The van der Waals surface area contributed by atoms with Crippen LogP contribution in [0.15, 0.2) is 29.2 Å². The number of halogens is 2. The molecule has 0 spiro atoms. The minimum Gasteiger partial charge on any atom is -0.393 e. The smallest absolute Gasteiger partial charge is 0.288 e. The fourth-order valence-electron chi connectivity index (χ4n) is 2.75. The maximum absolute atomic E-state index is 12.5. The van der Waals surface area contributed by atoms with E-state index in [1.807, 2.05) is 4.90 Å². The number of thioether (sulfide) groups is 1. The number of carbonyl (C=O) groups excluding carboxylic acids is 1. The number of rotatable bonds is 6. The van der Waals surface area contributed by atoms with E-state index in [4.69, 9.17) is 0 Å². The number of alkyl halides is 2. The lowest BCUT2D eigenvalue weighted by Gasteiger charge is -2.32. The lowest BCUT2D eigenvalue weighted by atomic mass is 9.92. The molecule has 1 amide bonds. The van der Waals surface area contributed by atoms with Crippen LogP contribution in [0.2, 0.25) is 0 Å². The Morgan fingerprint density at radius 3 is 2.65 bits per heavy atom. The van der Waals surface area contributed by atoms with Crippen LogP contribution in [0.4, 0.5) is 14.5 Å². The van der Waals surface area contributed by atoms with Gasteiger partial charge in [-0.15, -0.1) is 0 Å². The van der Waals surface area contributed by atoms with Gasteiger partial charge in [-0.05, 0) is 50.9 Å². The third kappa shape index (κ3) is 5.75. The van der Waals surface area contributed by atoms with Crippen LogP contribution in [0.5, 0.6) is 0 Å². The van der Waals surface area contributed by atoms with Gasteiger partial charge in [-0.3, -0.25) is 9.69 Å². The van der Waals surface area contributed by atoms with Crippen molar-refractivity contribution in [3.8, 4) is 0 Å². The van der Waals surface area contributed by atoms with Crippen molar-refractivity contribution >= 4 is 23.4 Å². The average molecular weight is 344 g/mol. The van der Waals surface area contributed by atoms with Crippen molar-refractivity contribution in [2.45, 2.75) is 36.5 Å². The summed E-state index contributed by atoms with van der Waals surface area (Å²) in [5, 5.41) is 12.3. The molecule has 1 aromatic rings. The summed E-state index contributed by atoms with van der Waals surface area (Å²) >= 11 is 0.427. The molecule has 0 radical (unpaired) electrons. The van der Waals surface area contributed by atoms with Crippen molar-refractivity contribution in [2.24, 2.45) is 5.92 Å². The van der Waals surface area contributed by atoms with Gasteiger partial charge in [0.15, 0.2) is 0 Å². The molecule has 1 saturated heterocycles. The minimum atomic E-state index is -2.52. The van der Waals surface area contributed by atoms with Gasteiger partial charge in [0, 0.05) is 4.90 Å². The number of likely N-dealkylation sites (tertiary alicyclic amines) is 1. The zero-order chi connectivity index (χ0) is 16.8. The van der Waals surface area contributed by atoms with Gasteiger partial charge in [0.1, 0.15) is 0 Å². The Labute approximate surface area is 139 Å². The monoisotopic (exact) mass is 344 g/mol. The molecule has 1 aliphatic rings. The first-order valence-electron chi connectivity index (χ1n) is 7.70. The number of anilines is 1. The first-order chi connectivity index (χ1) is 11.0. The van der Waals surface area contributed by atoms with Gasteiger partial charge in [-0.25, -0.2) is 0 Å². The van der Waals surface area contributed by atoms with E-state index >= 15 is 0 Å². The van der Waals surface area contributed by atoms with Crippen LogP contribution in [0.3, 0.4) is 0 Å². The quantitative estimate of drug-likeness (QED) is 0.779. The zero-order valence-electron chi connectivity index (χ0n) is 13.0. The second kappa shape index (κ2) is 8.61. The molecule has 128 valence electrons. The second-order valence-corrected chi connectivity index (χ2v) is 6.81. The molecule has 7 heteroatoms. The predicted octanol–water partition coefficient (Wildman–Crippen LogP) is 3.03. The number of hydrogen-bond donors (Lipinski definition) is 2. The molecule has 1 aliphatic heterocycles. The van der Waals surface area contributed by atoms with Crippen LogP contribution in [-0.4, -0.2) is 47.4 Å². The number of aliphatic hydroxyl groups is 1. The van der Waals surface area contributed by atoms with Gasteiger partial charge in [-0.2, -0.15) is 8.78 Å². The highest BCUT2D eigenvalue weighted by atomic mass is 32.2. The third-order valence-electron chi connectivity index (χ3n) is 4.06. The first kappa shape index (κ1) is 18.2. The Bertz CT molecular complexity index is 521. The van der Waals surface area contributed by atoms with E-state index in [0.29, 0.717) is 22.3 Å². The van der Waals surface area contributed by atoms with Crippen molar-refractivity contribution in [1.82, 2.24) is 4.90 Å². The van der Waals surface area contributed by atoms with Crippen LogP contribution < -0.4 is 5.32 Å². The maximum atomic E-state index is 12.5. The molecule has 0 bridgehead atoms. The molecular weight excluding hydrogens is 322 g/mol. The van der Waals surface area contributed by atoms with Crippen LogP contribution in [0.1, 0.15) is 19.8 Å². The summed E-state index contributed by atoms with van der Waals surface area (Å²) in [6.45, 7) is 3.55. The summed E-state index contributed by atoms with van der Waals surface area (Å²) in [7, 11) is 0. The van der Waals surface area contributed by atoms with Crippen molar-refractivity contribution in [3.05, 3.63) is 24.3 Å². The van der Waals surface area contributed by atoms with Crippen LogP contribution >= 0.6 is 11.8 Å². The summed E-state index contributed by atoms with van der Waals surface area (Å²) in [6.07, 6.45) is 1.41. The van der Waals surface area contributed by atoms with E-state index in [1.54, 1.807) is 31.2 Å². The van der Waals surface area contributed by atoms with Gasteiger partial charge in [0.05, 0.1) is 18.3 Å². The molecule has 0 aliphatic carbocycles. The Morgan fingerprint density at radius 1 is 1.39 bits per heavy atom. The van der Waals surface area contributed by atoms with Crippen molar-refractivity contribution in [1.29, 1.82) is 0 Å². The Kier molecular flexibility index (Phi) is 6.80. The standard InChI is InChI=1S/C16H22F2N2O2S/c1-11(21)12-6-8-20(9-7-12)10-15(22)19-13-4-2-3-5-14(13)23-16(17)18/h2-5,11-12,16,21H,6-10H2,1H3,(H,19,22). The Morgan fingerprint density at radius 2 is 2.04 bits per heavy atom. The molecule has 1 heterocycles. The number of benzene rings is 1. The van der Waals surface area contributed by atoms with Gasteiger partial charge < -0.3 is 10.4 Å². The summed E-state index contributed by atoms with van der Waals surface area (Å²) < 4.78 is 25.1. The summed E-state index contributed by atoms with van der Waals surface area (Å²) in [5.74, 6) is -2.44. The fourth-order valence-corrected chi connectivity index (χ4v) is 3.35. The van der Waals surface area contributed by atoms with Crippen LogP contribution in [0, 0.1) is 5.92 Å². The van der Waals surface area contributed by atoms with Gasteiger partial charge >= 0.3 is 0 Å². The summed E-state index contributed by atoms with van der Waals surface area (Å²) in [5.41, 5.74) is 0.418. The SMILES string of the molecule is CC(O)C1CCN(CC(=O)Nc2ccccc2SC(F)F)CC1. The van der Waals surface area contributed by atoms with Gasteiger partial charge in [0.25, 0.3) is 5.76 Å². The van der Waals surface area contributed by atoms with E-state index < -0.39 is 5.76 Å². The normalized spacial score (nSPS) is 18.1. The second-order valence-electron chi connectivity index (χ2n) is 5.78. The highest BCUT2D eigenvalue weighted by Gasteiger charge is 2.24. The van der Waals surface area contributed by atoms with E-state index in [-0.39, 0.29) is 24.5 Å². The van der Waals surface area contributed by atoms with E-state index in [9.17, 15) is 18.7 Å². The van der Waals surface area contributed by atoms with Gasteiger partial charge in [-0.1, -0.05) is 23.9 Å². The van der Waals surface area contributed by atoms with Crippen molar-refractivity contribution in [2.75, 3.05) is 25.0 Å². The molecule has 1 aromatic carbocycles. The highest BCUT2D eigenvalue weighted by Crippen LogP contribution is 2.31. The number of carbonyl (C=O) groups is 1. The molecule has 1 atom stereocenters. The first-order valence-corrected chi connectivity index (χ1v) is 8.58. The molecule has 0 saturated carbocycles. The number of para-hydroxylation sites is 1. The predicted molar refractivity (Wildman–Crippen MR) is 87.8 cm³/mol. The number of nitrogens with zero attached hydrogens (tertiary/aromatic N) is 1. The molecule has 0 aromatic heterocycles. The zero-order valence-corrected chi connectivity index (χ0v) is 13.9. The topological polar surface area (TPSA) is 52.6 Å². The molecule has 1 fully saturated rings. The fraction of sp³-hybridized carbons (Fsp3) is 0.562. The maximum Gasteiger partial charge on any atom is 0.288 e. The van der Waals surface area contributed by atoms with Gasteiger partial charge in [0.2, 0.25) is 5.91 Å². The number of nitrogens with one attached hydrogen (secondary N) is 1. The molecule has 1 unspecified atom stereocenters. The number of aliphatic hydroxyl groups excluding tert-OH is 1.